The third-order valence-electron chi connectivity index (χ3n) is 4.02. The summed E-state index contributed by atoms with van der Waals surface area (Å²) in [6.45, 7) is 7.97. The van der Waals surface area contributed by atoms with Gasteiger partial charge in [0.2, 0.25) is 5.91 Å². The highest BCUT2D eigenvalue weighted by atomic mass is 16.5. The van der Waals surface area contributed by atoms with Crippen LogP contribution in [0.1, 0.15) is 18.1 Å². The lowest BCUT2D eigenvalue weighted by molar-refractivity contribution is -0.130. The average molecular weight is 305 g/mol. The number of hydrogen-bond acceptors (Lipinski definition) is 3. The molecule has 22 heavy (non-hydrogen) atoms. The van der Waals surface area contributed by atoms with Crippen LogP contribution in [0.15, 0.2) is 18.2 Å². The minimum atomic E-state index is -0.159. The lowest BCUT2D eigenvalue weighted by atomic mass is 10.1. The molecule has 0 aliphatic carbocycles. The summed E-state index contributed by atoms with van der Waals surface area (Å²) in [6.07, 6.45) is 0. The maximum Gasteiger partial charge on any atom is 0.320 e. The maximum atomic E-state index is 12.0. The molecule has 0 aromatic heterocycles. The molecule has 0 bridgehead atoms. The van der Waals surface area contributed by atoms with E-state index >= 15 is 0 Å². The Morgan fingerprint density at radius 1 is 1.14 bits per heavy atom. The molecule has 1 saturated heterocycles. The van der Waals surface area contributed by atoms with E-state index in [2.05, 4.69) is 5.32 Å². The van der Waals surface area contributed by atoms with Gasteiger partial charge in [0.15, 0.2) is 6.73 Å². The van der Waals surface area contributed by atoms with Gasteiger partial charge in [-0.05, 0) is 31.0 Å². The van der Waals surface area contributed by atoms with E-state index < -0.39 is 0 Å². The fourth-order valence-corrected chi connectivity index (χ4v) is 2.39. The van der Waals surface area contributed by atoms with Crippen molar-refractivity contribution in [2.24, 2.45) is 0 Å². The van der Waals surface area contributed by atoms with Crippen LogP contribution in [0.5, 0.6) is 5.75 Å². The number of nitrogens with one attached hydrogen (secondary N) is 1. The summed E-state index contributed by atoms with van der Waals surface area (Å²) >= 11 is 0. The van der Waals surface area contributed by atoms with Crippen molar-refractivity contribution in [1.29, 1.82) is 0 Å². The van der Waals surface area contributed by atoms with Crippen LogP contribution < -0.4 is 10.1 Å². The Balaban J connectivity index is 1.77. The van der Waals surface area contributed by atoms with Crippen LogP contribution in [0.4, 0.5) is 4.79 Å². The number of carbonyl (C=O) groups excluding carboxylic acids is 2. The molecule has 1 N–H and O–H groups in total. The fraction of sp³-hybridized carbons (Fsp3) is 0.500. The second kappa shape index (κ2) is 7.15. The molecule has 3 amide bonds. The van der Waals surface area contributed by atoms with E-state index in [-0.39, 0.29) is 18.7 Å². The molecule has 120 valence electrons. The van der Waals surface area contributed by atoms with Crippen LogP contribution >= 0.6 is 0 Å². The quantitative estimate of drug-likeness (QED) is 0.861. The minimum absolute atomic E-state index is 0.0540. The number of ether oxygens (including phenoxy) is 1. The zero-order valence-corrected chi connectivity index (χ0v) is 13.4. The first kappa shape index (κ1) is 16.1. The largest absolute Gasteiger partial charge is 0.473 e. The number of carbonyl (C=O) groups is 2. The van der Waals surface area contributed by atoms with Crippen molar-refractivity contribution in [2.75, 3.05) is 32.9 Å². The molecule has 0 unspecified atom stereocenters. The second-order valence-corrected chi connectivity index (χ2v) is 5.46. The molecule has 6 heteroatoms. The zero-order valence-electron chi connectivity index (χ0n) is 13.4. The summed E-state index contributed by atoms with van der Waals surface area (Å²) in [5.74, 6) is 0.833. The first-order valence-electron chi connectivity index (χ1n) is 7.46. The van der Waals surface area contributed by atoms with Crippen LogP contribution in [-0.2, 0) is 4.79 Å². The highest BCUT2D eigenvalue weighted by Crippen LogP contribution is 2.20. The van der Waals surface area contributed by atoms with Gasteiger partial charge in [0.05, 0.1) is 0 Å². The second-order valence-electron chi connectivity index (χ2n) is 5.46. The number of urea groups is 1. The maximum absolute atomic E-state index is 12.0. The van der Waals surface area contributed by atoms with Crippen molar-refractivity contribution in [3.8, 4) is 5.75 Å². The molecule has 1 aromatic rings. The van der Waals surface area contributed by atoms with Crippen LogP contribution in [0.25, 0.3) is 0 Å². The molecular formula is C16H23N3O3. The van der Waals surface area contributed by atoms with Gasteiger partial charge in [0.1, 0.15) is 5.75 Å². The molecule has 0 atom stereocenters. The van der Waals surface area contributed by atoms with Gasteiger partial charge in [0.25, 0.3) is 0 Å². The number of aryl methyl sites for hydroxylation is 1. The highest BCUT2D eigenvalue weighted by Gasteiger charge is 2.22. The molecule has 0 radical (unpaired) electrons. The fourth-order valence-electron chi connectivity index (χ4n) is 2.39. The standard InChI is InChI=1S/C16H23N3O3/c1-12-5-4-6-15(13(12)2)22-11-17-16(21)19-9-7-18(8-10-19)14(3)20/h4-6H,7-11H2,1-3H3,(H,17,21). The van der Waals surface area contributed by atoms with Crippen LogP contribution in [-0.4, -0.2) is 54.6 Å². The minimum Gasteiger partial charge on any atom is -0.473 e. The average Bonchev–Trinajstić information content (AvgIpc) is 2.51. The van der Waals surface area contributed by atoms with E-state index in [0.717, 1.165) is 16.9 Å². The van der Waals surface area contributed by atoms with Crippen molar-refractivity contribution >= 4 is 11.9 Å². The van der Waals surface area contributed by atoms with Gasteiger partial charge in [-0.3, -0.25) is 4.79 Å². The third-order valence-corrected chi connectivity index (χ3v) is 4.02. The number of hydrogen-bond donors (Lipinski definition) is 1. The van der Waals surface area contributed by atoms with E-state index in [1.807, 2.05) is 32.0 Å². The molecule has 2 rings (SSSR count). The lowest BCUT2D eigenvalue weighted by Crippen LogP contribution is -2.53. The number of benzene rings is 1. The summed E-state index contributed by atoms with van der Waals surface area (Å²) in [7, 11) is 0. The van der Waals surface area contributed by atoms with E-state index in [1.54, 1.807) is 16.7 Å². The Kier molecular flexibility index (Phi) is 5.25. The van der Waals surface area contributed by atoms with Crippen LogP contribution in [0.2, 0.25) is 0 Å². The van der Waals surface area contributed by atoms with Crippen molar-refractivity contribution < 1.29 is 14.3 Å². The Morgan fingerprint density at radius 3 is 2.41 bits per heavy atom. The van der Waals surface area contributed by atoms with E-state index in [0.29, 0.717) is 26.2 Å². The van der Waals surface area contributed by atoms with E-state index in [9.17, 15) is 9.59 Å². The molecule has 1 fully saturated rings. The van der Waals surface area contributed by atoms with Crippen LogP contribution in [0, 0.1) is 13.8 Å². The zero-order chi connectivity index (χ0) is 16.1. The topological polar surface area (TPSA) is 61.9 Å². The Morgan fingerprint density at radius 2 is 1.77 bits per heavy atom. The van der Waals surface area contributed by atoms with Crippen LogP contribution in [0.3, 0.4) is 0 Å². The SMILES string of the molecule is CC(=O)N1CCN(C(=O)NCOc2cccc(C)c2C)CC1. The van der Waals surface area contributed by atoms with Crippen molar-refractivity contribution in [2.45, 2.75) is 20.8 Å². The summed E-state index contributed by atoms with van der Waals surface area (Å²) in [5, 5.41) is 2.75. The Labute approximate surface area is 131 Å². The van der Waals surface area contributed by atoms with Crippen molar-refractivity contribution in [1.82, 2.24) is 15.1 Å². The first-order chi connectivity index (χ1) is 10.5. The van der Waals surface area contributed by atoms with Gasteiger partial charge in [-0.25, -0.2) is 4.79 Å². The molecule has 6 nitrogen and oxygen atoms in total. The number of nitrogens with zero attached hydrogens (tertiary/aromatic N) is 2. The number of amides is 3. The molecular weight excluding hydrogens is 282 g/mol. The molecule has 1 aromatic carbocycles. The van der Waals surface area contributed by atoms with Gasteiger partial charge in [-0.15, -0.1) is 0 Å². The van der Waals surface area contributed by atoms with E-state index in [4.69, 9.17) is 4.74 Å². The van der Waals surface area contributed by atoms with Gasteiger partial charge in [-0.2, -0.15) is 0 Å². The monoisotopic (exact) mass is 305 g/mol. The molecule has 1 aliphatic rings. The summed E-state index contributed by atoms with van der Waals surface area (Å²) in [6, 6.07) is 5.68. The third kappa shape index (κ3) is 3.90. The van der Waals surface area contributed by atoms with Gasteiger partial charge < -0.3 is 19.9 Å². The predicted molar refractivity (Wildman–Crippen MR) is 83.8 cm³/mol. The molecule has 1 heterocycles. The molecule has 0 spiro atoms. The number of rotatable bonds is 3. The van der Waals surface area contributed by atoms with Gasteiger partial charge in [0, 0.05) is 33.1 Å². The normalized spacial score (nSPS) is 14.7. The predicted octanol–water partition coefficient (Wildman–Crippen LogP) is 1.51. The van der Waals surface area contributed by atoms with Crippen molar-refractivity contribution in [3.05, 3.63) is 29.3 Å². The Bertz CT molecular complexity index is 552. The highest BCUT2D eigenvalue weighted by molar-refractivity contribution is 5.76. The van der Waals surface area contributed by atoms with Gasteiger partial charge >= 0.3 is 6.03 Å². The van der Waals surface area contributed by atoms with Crippen molar-refractivity contribution in [3.63, 3.8) is 0 Å². The van der Waals surface area contributed by atoms with E-state index in [1.165, 1.54) is 0 Å². The summed E-state index contributed by atoms with van der Waals surface area (Å²) < 4.78 is 5.62. The Hall–Kier alpha value is -2.24. The van der Waals surface area contributed by atoms with Gasteiger partial charge in [-0.1, -0.05) is 12.1 Å². The smallest absolute Gasteiger partial charge is 0.320 e. The lowest BCUT2D eigenvalue weighted by Gasteiger charge is -2.34. The first-order valence-corrected chi connectivity index (χ1v) is 7.46. The summed E-state index contributed by atoms with van der Waals surface area (Å²) in [5.41, 5.74) is 2.23. The summed E-state index contributed by atoms with van der Waals surface area (Å²) in [4.78, 5) is 26.7. The molecule has 1 aliphatic heterocycles. The number of piperazine rings is 1. The molecule has 0 saturated carbocycles.